The van der Waals surface area contributed by atoms with Crippen LogP contribution in [0.5, 0.6) is 0 Å². The van der Waals surface area contributed by atoms with Crippen molar-refractivity contribution >= 4 is 29.0 Å². The predicted molar refractivity (Wildman–Crippen MR) is 74.7 cm³/mol. The summed E-state index contributed by atoms with van der Waals surface area (Å²) in [4.78, 5) is 16.3. The van der Waals surface area contributed by atoms with Gasteiger partial charge in [0.2, 0.25) is 5.91 Å². The third-order valence-corrected chi connectivity index (χ3v) is 4.78. The first-order valence-corrected chi connectivity index (χ1v) is 7.51. The van der Waals surface area contributed by atoms with Crippen LogP contribution < -0.4 is 5.32 Å². The van der Waals surface area contributed by atoms with E-state index >= 15 is 0 Å². The van der Waals surface area contributed by atoms with Crippen LogP contribution in [-0.4, -0.2) is 21.7 Å². The largest absolute Gasteiger partial charge is 0.350 e. The Morgan fingerprint density at radius 3 is 2.76 bits per heavy atom. The summed E-state index contributed by atoms with van der Waals surface area (Å²) >= 11 is 3.11. The molecule has 1 aromatic rings. The van der Waals surface area contributed by atoms with Crippen LogP contribution in [0.15, 0.2) is 9.72 Å². The van der Waals surface area contributed by atoms with Crippen molar-refractivity contribution < 1.29 is 4.79 Å². The number of nitrogens with one attached hydrogen (secondary N) is 1. The zero-order valence-electron chi connectivity index (χ0n) is 11.0. The van der Waals surface area contributed by atoms with Crippen LogP contribution in [0.25, 0.3) is 0 Å². The highest BCUT2D eigenvalue weighted by Crippen LogP contribution is 2.27. The van der Waals surface area contributed by atoms with Crippen LogP contribution in [0.2, 0.25) is 0 Å². The average Bonchev–Trinajstić information content (AvgIpc) is 2.63. The van der Waals surface area contributed by atoms with Crippen LogP contribution in [0.4, 0.5) is 0 Å². The van der Waals surface area contributed by atoms with Gasteiger partial charge in [0.1, 0.15) is 0 Å². The van der Waals surface area contributed by atoms with E-state index in [1.54, 1.807) is 11.3 Å². The number of hydrogen-bond donors (Lipinski definition) is 1. The minimum absolute atomic E-state index is 0.0784. The molecule has 1 rings (SSSR count). The molecule has 0 spiro atoms. The fourth-order valence-corrected chi connectivity index (χ4v) is 3.10. The molecule has 1 heterocycles. The van der Waals surface area contributed by atoms with E-state index in [1.165, 1.54) is 11.8 Å². The monoisotopic (exact) mass is 272 g/mol. The van der Waals surface area contributed by atoms with Crippen molar-refractivity contribution in [2.45, 2.75) is 56.2 Å². The van der Waals surface area contributed by atoms with Crippen molar-refractivity contribution in [3.05, 3.63) is 11.1 Å². The lowest BCUT2D eigenvalue weighted by Crippen LogP contribution is -2.46. The molecule has 0 radical (unpaired) electrons. The number of thioether (sulfide) groups is 1. The molecule has 1 aromatic heterocycles. The molecule has 0 aliphatic rings. The minimum Gasteiger partial charge on any atom is -0.350 e. The quantitative estimate of drug-likeness (QED) is 0.837. The summed E-state index contributed by atoms with van der Waals surface area (Å²) in [6.07, 6.45) is 0.923. The molecule has 0 saturated carbocycles. The molecule has 5 heteroatoms. The van der Waals surface area contributed by atoms with Crippen LogP contribution in [0, 0.1) is 6.92 Å². The van der Waals surface area contributed by atoms with Gasteiger partial charge in [0.05, 0.1) is 5.25 Å². The number of aryl methyl sites for hydroxylation is 1. The second-order valence-corrected chi connectivity index (χ2v) is 7.19. The molecule has 0 bridgehead atoms. The number of aromatic nitrogens is 1. The third-order valence-electron chi connectivity index (χ3n) is 2.59. The van der Waals surface area contributed by atoms with Crippen molar-refractivity contribution in [2.24, 2.45) is 0 Å². The zero-order chi connectivity index (χ0) is 13.1. The van der Waals surface area contributed by atoms with E-state index < -0.39 is 0 Å². The molecule has 0 aliphatic carbocycles. The summed E-state index contributed by atoms with van der Waals surface area (Å²) in [6.45, 7) is 10.0. The fourth-order valence-electron chi connectivity index (χ4n) is 1.11. The van der Waals surface area contributed by atoms with Gasteiger partial charge < -0.3 is 5.32 Å². The first-order valence-electron chi connectivity index (χ1n) is 5.75. The molecule has 17 heavy (non-hydrogen) atoms. The highest BCUT2D eigenvalue weighted by molar-refractivity contribution is 8.02. The molecule has 96 valence electrons. The number of rotatable bonds is 5. The van der Waals surface area contributed by atoms with Gasteiger partial charge in [-0.25, -0.2) is 4.98 Å². The molecule has 0 aliphatic heterocycles. The Labute approximate surface area is 111 Å². The van der Waals surface area contributed by atoms with Crippen LogP contribution in [-0.2, 0) is 4.79 Å². The lowest BCUT2D eigenvalue weighted by Gasteiger charge is -2.26. The first-order chi connectivity index (χ1) is 7.84. The first kappa shape index (κ1) is 14.5. The smallest absolute Gasteiger partial charge is 0.233 e. The summed E-state index contributed by atoms with van der Waals surface area (Å²) in [5.41, 5.74) is 0.879. The number of carbonyl (C=O) groups is 1. The topological polar surface area (TPSA) is 42.0 Å². The standard InChI is InChI=1S/C12H20N2OS2/c1-6-12(4,5)14-10(15)9(3)17-11-13-8(2)7-16-11/h7,9H,6H2,1-5H3,(H,14,15). The van der Waals surface area contributed by atoms with Gasteiger partial charge in [-0.1, -0.05) is 18.7 Å². The molecule has 1 unspecified atom stereocenters. The van der Waals surface area contributed by atoms with Crippen molar-refractivity contribution in [1.82, 2.24) is 10.3 Å². The Morgan fingerprint density at radius 2 is 2.29 bits per heavy atom. The molecule has 1 amide bonds. The van der Waals surface area contributed by atoms with Gasteiger partial charge in [-0.15, -0.1) is 11.3 Å². The maximum Gasteiger partial charge on any atom is 0.233 e. The molecular formula is C12H20N2OS2. The van der Waals surface area contributed by atoms with Crippen LogP contribution in [0.1, 0.15) is 39.8 Å². The van der Waals surface area contributed by atoms with Gasteiger partial charge >= 0.3 is 0 Å². The summed E-state index contributed by atoms with van der Waals surface area (Å²) in [5, 5.41) is 4.95. The third kappa shape index (κ3) is 4.68. The average molecular weight is 272 g/mol. The van der Waals surface area contributed by atoms with E-state index in [4.69, 9.17) is 0 Å². The van der Waals surface area contributed by atoms with Gasteiger partial charge in [-0.2, -0.15) is 0 Å². The molecule has 1 N–H and O–H groups in total. The number of thiazole rings is 1. The summed E-state index contributed by atoms with van der Waals surface area (Å²) in [7, 11) is 0. The van der Waals surface area contributed by atoms with Crippen molar-refractivity contribution in [2.75, 3.05) is 0 Å². The minimum atomic E-state index is -0.134. The summed E-state index contributed by atoms with van der Waals surface area (Å²) < 4.78 is 0.958. The van der Waals surface area contributed by atoms with Gasteiger partial charge in [0, 0.05) is 16.6 Å². The van der Waals surface area contributed by atoms with Crippen molar-refractivity contribution in [1.29, 1.82) is 0 Å². The molecular weight excluding hydrogens is 252 g/mol. The Kier molecular flexibility index (Phi) is 5.01. The Hall–Kier alpha value is -0.550. The molecule has 3 nitrogen and oxygen atoms in total. The van der Waals surface area contributed by atoms with E-state index in [2.05, 4.69) is 17.2 Å². The molecule has 1 atom stereocenters. The van der Waals surface area contributed by atoms with E-state index in [9.17, 15) is 4.79 Å². The van der Waals surface area contributed by atoms with E-state index in [0.29, 0.717) is 0 Å². The maximum absolute atomic E-state index is 12.0. The normalized spacial score (nSPS) is 13.5. The Bertz CT molecular complexity index is 388. The maximum atomic E-state index is 12.0. The summed E-state index contributed by atoms with van der Waals surface area (Å²) in [5.74, 6) is 0.0784. The van der Waals surface area contributed by atoms with Crippen LogP contribution in [0.3, 0.4) is 0 Å². The van der Waals surface area contributed by atoms with E-state index in [-0.39, 0.29) is 16.7 Å². The summed E-state index contributed by atoms with van der Waals surface area (Å²) in [6, 6.07) is 0. The lowest BCUT2D eigenvalue weighted by molar-refractivity contribution is -0.121. The Morgan fingerprint density at radius 1 is 1.65 bits per heavy atom. The highest BCUT2D eigenvalue weighted by Gasteiger charge is 2.22. The fraction of sp³-hybridized carbons (Fsp3) is 0.667. The number of hydrogen-bond acceptors (Lipinski definition) is 4. The number of nitrogens with zero attached hydrogens (tertiary/aromatic N) is 1. The lowest BCUT2D eigenvalue weighted by atomic mass is 10.0. The van der Waals surface area contributed by atoms with E-state index in [0.717, 1.165) is 16.5 Å². The number of amides is 1. The second kappa shape index (κ2) is 5.87. The van der Waals surface area contributed by atoms with Gasteiger partial charge in [0.15, 0.2) is 4.34 Å². The predicted octanol–water partition coefficient (Wildman–Crippen LogP) is 3.24. The molecule has 0 aromatic carbocycles. The van der Waals surface area contributed by atoms with Gasteiger partial charge in [-0.3, -0.25) is 4.79 Å². The molecule has 0 fully saturated rings. The van der Waals surface area contributed by atoms with Crippen molar-refractivity contribution in [3.8, 4) is 0 Å². The zero-order valence-corrected chi connectivity index (χ0v) is 12.7. The van der Waals surface area contributed by atoms with E-state index in [1.807, 2.05) is 33.1 Å². The van der Waals surface area contributed by atoms with Gasteiger partial charge in [0.25, 0.3) is 0 Å². The number of carbonyl (C=O) groups excluding carboxylic acids is 1. The second-order valence-electron chi connectivity index (χ2n) is 4.74. The van der Waals surface area contributed by atoms with Crippen molar-refractivity contribution in [3.63, 3.8) is 0 Å². The van der Waals surface area contributed by atoms with Crippen LogP contribution >= 0.6 is 23.1 Å². The van der Waals surface area contributed by atoms with Gasteiger partial charge in [-0.05, 0) is 34.1 Å². The Balaban J connectivity index is 2.53. The SMILES string of the molecule is CCC(C)(C)NC(=O)C(C)Sc1nc(C)cs1. The highest BCUT2D eigenvalue weighted by atomic mass is 32.2. The molecule has 0 saturated heterocycles.